The van der Waals surface area contributed by atoms with E-state index in [-0.39, 0.29) is 0 Å². The van der Waals surface area contributed by atoms with E-state index in [9.17, 15) is 4.79 Å². The summed E-state index contributed by atoms with van der Waals surface area (Å²) in [6.45, 7) is 3.60. The average molecular weight is 111 g/mol. The Labute approximate surface area is 48.6 Å². The maximum atomic E-state index is 9.77. The van der Waals surface area contributed by atoms with E-state index in [0.717, 1.165) is 12.8 Å². The quantitative estimate of drug-likeness (QED) is 0.412. The standard InChI is InChI=1S/C6H9NO/c1-2-5-3-6(5)7-4-8/h2,4-6H,1,3H2,(H,7,8)/t5-,6?/m1/s1. The summed E-state index contributed by atoms with van der Waals surface area (Å²) in [7, 11) is 0. The minimum absolute atomic E-state index is 0.394. The molecule has 0 spiro atoms. The first-order valence-corrected chi connectivity index (χ1v) is 2.70. The number of rotatable bonds is 3. The van der Waals surface area contributed by atoms with Crippen molar-refractivity contribution in [2.45, 2.75) is 12.5 Å². The van der Waals surface area contributed by atoms with Gasteiger partial charge >= 0.3 is 0 Å². The van der Waals surface area contributed by atoms with Gasteiger partial charge in [-0.15, -0.1) is 6.58 Å². The molecule has 1 fully saturated rings. The van der Waals surface area contributed by atoms with E-state index in [0.29, 0.717) is 12.0 Å². The first kappa shape index (κ1) is 5.35. The van der Waals surface area contributed by atoms with Crippen LogP contribution in [-0.4, -0.2) is 12.5 Å². The molecule has 0 radical (unpaired) electrons. The Bertz CT molecular complexity index is 111. The highest BCUT2D eigenvalue weighted by Gasteiger charge is 2.33. The van der Waals surface area contributed by atoms with Crippen molar-refractivity contribution in [1.29, 1.82) is 0 Å². The molecule has 0 heterocycles. The Morgan fingerprint density at radius 3 is 2.88 bits per heavy atom. The third-order valence-electron chi connectivity index (χ3n) is 1.42. The molecule has 1 rings (SSSR count). The number of hydrogen-bond donors (Lipinski definition) is 1. The van der Waals surface area contributed by atoms with Gasteiger partial charge < -0.3 is 5.32 Å². The number of amides is 1. The lowest BCUT2D eigenvalue weighted by atomic mass is 10.4. The van der Waals surface area contributed by atoms with Crippen molar-refractivity contribution in [3.8, 4) is 0 Å². The van der Waals surface area contributed by atoms with Crippen LogP contribution in [0.1, 0.15) is 6.42 Å². The number of nitrogens with one attached hydrogen (secondary N) is 1. The van der Waals surface area contributed by atoms with Crippen LogP contribution in [0, 0.1) is 5.92 Å². The van der Waals surface area contributed by atoms with Gasteiger partial charge in [0.25, 0.3) is 0 Å². The van der Waals surface area contributed by atoms with Crippen LogP contribution in [0.5, 0.6) is 0 Å². The Hall–Kier alpha value is -0.790. The van der Waals surface area contributed by atoms with Crippen molar-refractivity contribution in [3.63, 3.8) is 0 Å². The second-order valence-electron chi connectivity index (χ2n) is 2.03. The van der Waals surface area contributed by atoms with Gasteiger partial charge in [-0.2, -0.15) is 0 Å². The lowest BCUT2D eigenvalue weighted by molar-refractivity contribution is -0.109. The number of hydrogen-bond acceptors (Lipinski definition) is 1. The summed E-state index contributed by atoms with van der Waals surface area (Å²) in [5, 5.41) is 2.67. The highest BCUT2D eigenvalue weighted by molar-refractivity contribution is 5.48. The molecule has 0 aliphatic heterocycles. The maximum Gasteiger partial charge on any atom is 0.207 e. The monoisotopic (exact) mass is 111 g/mol. The first-order chi connectivity index (χ1) is 3.88. The fourth-order valence-corrected chi connectivity index (χ4v) is 0.754. The second-order valence-corrected chi connectivity index (χ2v) is 2.03. The Balaban J connectivity index is 2.16. The molecule has 1 N–H and O–H groups in total. The molecule has 0 aromatic rings. The van der Waals surface area contributed by atoms with Crippen molar-refractivity contribution in [2.75, 3.05) is 0 Å². The van der Waals surface area contributed by atoms with Gasteiger partial charge in [-0.3, -0.25) is 4.79 Å². The van der Waals surface area contributed by atoms with Crippen LogP contribution in [0.3, 0.4) is 0 Å². The summed E-state index contributed by atoms with van der Waals surface area (Å²) in [4.78, 5) is 9.77. The van der Waals surface area contributed by atoms with Crippen molar-refractivity contribution < 1.29 is 4.79 Å². The third kappa shape index (κ3) is 0.886. The zero-order valence-corrected chi connectivity index (χ0v) is 4.63. The minimum atomic E-state index is 0.394. The predicted octanol–water partition coefficient (Wildman–Crippen LogP) is 0.307. The zero-order valence-electron chi connectivity index (χ0n) is 4.63. The number of carbonyl (C=O) groups excluding carboxylic acids is 1. The van der Waals surface area contributed by atoms with Crippen LogP contribution in [0.4, 0.5) is 0 Å². The molecule has 1 unspecified atom stereocenters. The lowest BCUT2D eigenvalue weighted by Gasteiger charge is -1.87. The maximum absolute atomic E-state index is 9.77. The van der Waals surface area contributed by atoms with Crippen LogP contribution in [0.15, 0.2) is 12.7 Å². The van der Waals surface area contributed by atoms with Crippen LogP contribution in [-0.2, 0) is 4.79 Å². The fourth-order valence-electron chi connectivity index (χ4n) is 0.754. The molecule has 0 aromatic heterocycles. The minimum Gasteiger partial charge on any atom is -0.355 e. The van der Waals surface area contributed by atoms with Crippen molar-refractivity contribution in [2.24, 2.45) is 5.92 Å². The molecule has 2 atom stereocenters. The van der Waals surface area contributed by atoms with Crippen molar-refractivity contribution in [3.05, 3.63) is 12.7 Å². The summed E-state index contributed by atoms with van der Waals surface area (Å²) in [5.74, 6) is 0.542. The summed E-state index contributed by atoms with van der Waals surface area (Å²) in [6, 6.07) is 0.394. The normalized spacial score (nSPS) is 33.5. The Morgan fingerprint density at radius 2 is 2.50 bits per heavy atom. The lowest BCUT2D eigenvalue weighted by Crippen LogP contribution is -2.14. The van der Waals surface area contributed by atoms with Gasteiger partial charge in [0.2, 0.25) is 6.41 Å². The van der Waals surface area contributed by atoms with Gasteiger partial charge in [0, 0.05) is 6.04 Å². The molecule has 0 bridgehead atoms. The Kier molecular flexibility index (Phi) is 1.33. The molecule has 44 valence electrons. The van der Waals surface area contributed by atoms with Gasteiger partial charge in [0.1, 0.15) is 0 Å². The van der Waals surface area contributed by atoms with Crippen LogP contribution < -0.4 is 5.32 Å². The van der Waals surface area contributed by atoms with Gasteiger partial charge in [0.15, 0.2) is 0 Å². The van der Waals surface area contributed by atoms with E-state index in [1.165, 1.54) is 0 Å². The summed E-state index contributed by atoms with van der Waals surface area (Å²) >= 11 is 0. The molecule has 0 saturated heterocycles. The van der Waals surface area contributed by atoms with Crippen molar-refractivity contribution in [1.82, 2.24) is 5.32 Å². The fraction of sp³-hybridized carbons (Fsp3) is 0.500. The van der Waals surface area contributed by atoms with Crippen molar-refractivity contribution >= 4 is 6.41 Å². The molecule has 1 aliphatic rings. The SMILES string of the molecule is C=C[C@@H]1CC1NC=O. The summed E-state index contributed by atoms with van der Waals surface area (Å²) in [5.41, 5.74) is 0. The molecule has 2 heteroatoms. The molecule has 1 aliphatic carbocycles. The molecular weight excluding hydrogens is 102 g/mol. The molecule has 2 nitrogen and oxygen atoms in total. The molecule has 1 saturated carbocycles. The van der Waals surface area contributed by atoms with E-state index in [2.05, 4.69) is 11.9 Å². The van der Waals surface area contributed by atoms with Gasteiger partial charge in [0.05, 0.1) is 0 Å². The largest absolute Gasteiger partial charge is 0.355 e. The highest BCUT2D eigenvalue weighted by atomic mass is 16.1. The van der Waals surface area contributed by atoms with E-state index in [4.69, 9.17) is 0 Å². The summed E-state index contributed by atoms with van der Waals surface area (Å²) in [6.07, 6.45) is 3.69. The third-order valence-corrected chi connectivity index (χ3v) is 1.42. The van der Waals surface area contributed by atoms with E-state index in [1.807, 2.05) is 6.08 Å². The van der Waals surface area contributed by atoms with Gasteiger partial charge in [-0.05, 0) is 12.3 Å². The number of carbonyl (C=O) groups is 1. The van der Waals surface area contributed by atoms with Crippen LogP contribution >= 0.6 is 0 Å². The molecule has 0 aromatic carbocycles. The molecular formula is C6H9NO. The van der Waals surface area contributed by atoms with Crippen LogP contribution in [0.25, 0.3) is 0 Å². The molecule has 8 heavy (non-hydrogen) atoms. The first-order valence-electron chi connectivity index (χ1n) is 2.70. The molecule has 1 amide bonds. The predicted molar refractivity (Wildman–Crippen MR) is 31.3 cm³/mol. The van der Waals surface area contributed by atoms with Gasteiger partial charge in [-0.1, -0.05) is 6.08 Å². The van der Waals surface area contributed by atoms with E-state index < -0.39 is 0 Å². The topological polar surface area (TPSA) is 29.1 Å². The van der Waals surface area contributed by atoms with E-state index in [1.54, 1.807) is 0 Å². The highest BCUT2D eigenvalue weighted by Crippen LogP contribution is 2.30. The average Bonchev–Trinajstić information content (AvgIpc) is 2.48. The second kappa shape index (κ2) is 1.99. The summed E-state index contributed by atoms with van der Waals surface area (Å²) < 4.78 is 0. The van der Waals surface area contributed by atoms with E-state index >= 15 is 0 Å². The Morgan fingerprint density at radius 1 is 1.75 bits per heavy atom. The smallest absolute Gasteiger partial charge is 0.207 e. The van der Waals surface area contributed by atoms with Crippen LogP contribution in [0.2, 0.25) is 0 Å². The zero-order chi connectivity index (χ0) is 5.98. The van der Waals surface area contributed by atoms with Gasteiger partial charge in [-0.25, -0.2) is 0 Å².